The van der Waals surface area contributed by atoms with E-state index in [4.69, 9.17) is 4.52 Å². The van der Waals surface area contributed by atoms with Crippen LogP contribution in [0.1, 0.15) is 12.7 Å². The molecule has 3 rings (SSSR count). The molecule has 0 amide bonds. The molecule has 0 saturated heterocycles. The molecule has 0 unspecified atom stereocenters. The Morgan fingerprint density at radius 3 is 2.86 bits per heavy atom. The molecule has 108 valence electrons. The van der Waals surface area contributed by atoms with Crippen LogP contribution in [-0.4, -0.2) is 21.0 Å². The van der Waals surface area contributed by atoms with Gasteiger partial charge in [-0.2, -0.15) is 5.10 Å². The highest BCUT2D eigenvalue weighted by molar-refractivity contribution is 5.58. The maximum Gasteiger partial charge on any atom is 0.151 e. The Morgan fingerprint density at radius 2 is 2.10 bits per heavy atom. The van der Waals surface area contributed by atoms with Gasteiger partial charge in [-0.1, -0.05) is 35.5 Å². The van der Waals surface area contributed by atoms with E-state index < -0.39 is 0 Å². The van der Waals surface area contributed by atoms with Crippen LogP contribution in [0, 0.1) is 0 Å². The minimum absolute atomic E-state index is 0.301. The monoisotopic (exact) mass is 282 g/mol. The van der Waals surface area contributed by atoms with Crippen molar-refractivity contribution in [3.05, 3.63) is 60.6 Å². The van der Waals surface area contributed by atoms with E-state index in [0.717, 1.165) is 23.6 Å². The van der Waals surface area contributed by atoms with Gasteiger partial charge in [-0.15, -0.1) is 0 Å². The first-order chi connectivity index (χ1) is 10.3. The largest absolute Gasteiger partial charge is 0.359 e. The summed E-state index contributed by atoms with van der Waals surface area (Å²) in [5, 5.41) is 11.7. The van der Waals surface area contributed by atoms with E-state index in [1.807, 2.05) is 53.3 Å². The Hall–Kier alpha value is -2.40. The average molecular weight is 282 g/mol. The molecule has 0 aliphatic carbocycles. The van der Waals surface area contributed by atoms with E-state index in [9.17, 15) is 0 Å². The van der Waals surface area contributed by atoms with Crippen LogP contribution >= 0.6 is 0 Å². The zero-order chi connectivity index (χ0) is 14.5. The molecule has 2 heterocycles. The minimum atomic E-state index is 0.301. The summed E-state index contributed by atoms with van der Waals surface area (Å²) >= 11 is 0. The summed E-state index contributed by atoms with van der Waals surface area (Å²) in [6.45, 7) is 3.60. The minimum Gasteiger partial charge on any atom is -0.359 e. The zero-order valence-corrected chi connectivity index (χ0v) is 11.9. The Labute approximate surface area is 123 Å². The molecule has 0 bridgehead atoms. The molecular weight excluding hydrogens is 264 g/mol. The van der Waals surface area contributed by atoms with Gasteiger partial charge in [0.2, 0.25) is 0 Å². The van der Waals surface area contributed by atoms with Gasteiger partial charge >= 0.3 is 0 Å². The fraction of sp³-hybridized carbons (Fsp3) is 0.250. The number of rotatable bonds is 6. The van der Waals surface area contributed by atoms with Gasteiger partial charge in [-0.25, -0.2) is 0 Å². The van der Waals surface area contributed by atoms with Crippen LogP contribution in [0.15, 0.2) is 59.4 Å². The van der Waals surface area contributed by atoms with Crippen molar-refractivity contribution in [2.45, 2.75) is 26.1 Å². The van der Waals surface area contributed by atoms with Crippen molar-refractivity contribution in [1.29, 1.82) is 0 Å². The van der Waals surface area contributed by atoms with Gasteiger partial charge in [0, 0.05) is 30.1 Å². The van der Waals surface area contributed by atoms with E-state index in [0.29, 0.717) is 12.6 Å². The third-order valence-corrected chi connectivity index (χ3v) is 3.27. The lowest BCUT2D eigenvalue weighted by atomic mass is 10.1. The van der Waals surface area contributed by atoms with Gasteiger partial charge < -0.3 is 9.84 Å². The number of nitrogens with one attached hydrogen (secondary N) is 1. The smallest absolute Gasteiger partial charge is 0.151 e. The summed E-state index contributed by atoms with van der Waals surface area (Å²) in [5.74, 6) is 0.834. The van der Waals surface area contributed by atoms with E-state index in [2.05, 4.69) is 22.5 Å². The Balaban J connectivity index is 1.55. The molecule has 0 spiro atoms. The van der Waals surface area contributed by atoms with E-state index in [1.54, 1.807) is 6.20 Å². The maximum absolute atomic E-state index is 5.37. The predicted octanol–water partition coefficient (Wildman–Crippen LogP) is 2.72. The van der Waals surface area contributed by atoms with Crippen molar-refractivity contribution < 1.29 is 4.52 Å². The van der Waals surface area contributed by atoms with Crippen molar-refractivity contribution in [3.63, 3.8) is 0 Å². The van der Waals surface area contributed by atoms with Crippen LogP contribution in [0.4, 0.5) is 0 Å². The van der Waals surface area contributed by atoms with Crippen LogP contribution in [0.25, 0.3) is 11.3 Å². The molecule has 21 heavy (non-hydrogen) atoms. The first kappa shape index (κ1) is 13.6. The normalized spacial score (nSPS) is 12.4. The summed E-state index contributed by atoms with van der Waals surface area (Å²) in [4.78, 5) is 0. The maximum atomic E-state index is 5.37. The van der Waals surface area contributed by atoms with E-state index in [-0.39, 0.29) is 0 Å². The van der Waals surface area contributed by atoms with Gasteiger partial charge in [0.25, 0.3) is 0 Å². The molecule has 0 saturated carbocycles. The quantitative estimate of drug-likeness (QED) is 0.755. The van der Waals surface area contributed by atoms with Gasteiger partial charge in [0.05, 0.1) is 13.1 Å². The summed E-state index contributed by atoms with van der Waals surface area (Å²) < 4.78 is 7.28. The highest BCUT2D eigenvalue weighted by atomic mass is 16.5. The van der Waals surface area contributed by atoms with E-state index >= 15 is 0 Å². The lowest BCUT2D eigenvalue weighted by molar-refractivity contribution is 0.357. The average Bonchev–Trinajstić information content (AvgIpc) is 3.17. The second-order valence-electron chi connectivity index (χ2n) is 5.05. The molecule has 2 aromatic heterocycles. The number of aromatic nitrogens is 3. The lowest BCUT2D eigenvalue weighted by Crippen LogP contribution is -2.29. The third kappa shape index (κ3) is 3.58. The second-order valence-corrected chi connectivity index (χ2v) is 5.05. The number of benzene rings is 1. The van der Waals surface area contributed by atoms with Gasteiger partial charge in [0.1, 0.15) is 5.69 Å². The number of hydrogen-bond acceptors (Lipinski definition) is 4. The summed E-state index contributed by atoms with van der Waals surface area (Å²) in [6, 6.07) is 14.2. The second kappa shape index (κ2) is 6.37. The number of hydrogen-bond donors (Lipinski definition) is 1. The summed E-state index contributed by atoms with van der Waals surface area (Å²) in [5.41, 5.74) is 1.93. The summed E-state index contributed by atoms with van der Waals surface area (Å²) in [6.07, 6.45) is 3.75. The van der Waals surface area contributed by atoms with Crippen molar-refractivity contribution >= 4 is 0 Å². The SMILES string of the molecule is C[C@H](Cn1cccn1)NCc1cc(-c2ccccc2)no1. The fourth-order valence-electron chi connectivity index (χ4n) is 2.17. The Morgan fingerprint density at radius 1 is 1.24 bits per heavy atom. The topological polar surface area (TPSA) is 55.9 Å². The van der Waals surface area contributed by atoms with E-state index in [1.165, 1.54) is 0 Å². The van der Waals surface area contributed by atoms with Crippen LogP contribution in [0.2, 0.25) is 0 Å². The third-order valence-electron chi connectivity index (χ3n) is 3.27. The first-order valence-electron chi connectivity index (χ1n) is 7.03. The molecular formula is C16H18N4O. The molecule has 1 N–H and O–H groups in total. The highest BCUT2D eigenvalue weighted by Gasteiger charge is 2.08. The van der Waals surface area contributed by atoms with Crippen LogP contribution in [-0.2, 0) is 13.1 Å². The van der Waals surface area contributed by atoms with Gasteiger partial charge in [-0.05, 0) is 13.0 Å². The lowest BCUT2D eigenvalue weighted by Gasteiger charge is -2.12. The molecule has 0 fully saturated rings. The molecule has 0 aliphatic rings. The zero-order valence-electron chi connectivity index (χ0n) is 11.9. The predicted molar refractivity (Wildman–Crippen MR) is 80.5 cm³/mol. The van der Waals surface area contributed by atoms with Crippen molar-refractivity contribution in [2.24, 2.45) is 0 Å². The molecule has 1 aromatic carbocycles. The van der Waals surface area contributed by atoms with Gasteiger partial charge in [0.15, 0.2) is 5.76 Å². The molecule has 0 aliphatic heterocycles. The van der Waals surface area contributed by atoms with Crippen LogP contribution in [0.3, 0.4) is 0 Å². The van der Waals surface area contributed by atoms with Crippen LogP contribution in [0.5, 0.6) is 0 Å². The molecule has 0 radical (unpaired) electrons. The van der Waals surface area contributed by atoms with Crippen molar-refractivity contribution in [2.75, 3.05) is 0 Å². The van der Waals surface area contributed by atoms with Gasteiger partial charge in [-0.3, -0.25) is 4.68 Å². The Bertz CT molecular complexity index is 661. The summed E-state index contributed by atoms with van der Waals surface area (Å²) in [7, 11) is 0. The van der Waals surface area contributed by atoms with Crippen molar-refractivity contribution in [3.8, 4) is 11.3 Å². The number of nitrogens with zero attached hydrogens (tertiary/aromatic N) is 3. The highest BCUT2D eigenvalue weighted by Crippen LogP contribution is 2.18. The standard InChI is InChI=1S/C16H18N4O/c1-13(12-20-9-5-8-18-20)17-11-15-10-16(19-21-15)14-6-3-2-4-7-14/h2-10,13,17H,11-12H2,1H3/t13-/m1/s1. The first-order valence-corrected chi connectivity index (χ1v) is 7.03. The molecule has 3 aromatic rings. The molecule has 5 heteroatoms. The van der Waals surface area contributed by atoms with Crippen LogP contribution < -0.4 is 5.32 Å². The molecule has 5 nitrogen and oxygen atoms in total. The fourth-order valence-corrected chi connectivity index (χ4v) is 2.17. The molecule has 1 atom stereocenters. The van der Waals surface area contributed by atoms with Crippen molar-refractivity contribution in [1.82, 2.24) is 20.3 Å². The Kier molecular flexibility index (Phi) is 4.12.